The molecule has 1 atom stereocenters. The van der Waals surface area contributed by atoms with Gasteiger partial charge in [-0.05, 0) is 19.1 Å². The molecule has 1 aromatic rings. The molecule has 0 bridgehead atoms. The third kappa shape index (κ3) is 2.12. The predicted molar refractivity (Wildman–Crippen MR) is 60.8 cm³/mol. The van der Waals surface area contributed by atoms with E-state index in [2.05, 4.69) is 0 Å². The largest absolute Gasteiger partial charge is 0.391 e. The van der Waals surface area contributed by atoms with Crippen LogP contribution in [0.15, 0.2) is 18.2 Å². The van der Waals surface area contributed by atoms with Crippen LogP contribution in [0.2, 0.25) is 0 Å². The lowest BCUT2D eigenvalue weighted by Crippen LogP contribution is -2.25. The van der Waals surface area contributed by atoms with Gasteiger partial charge in [-0.3, -0.25) is 14.9 Å². The Morgan fingerprint density at radius 1 is 1.53 bits per heavy atom. The maximum Gasteiger partial charge on any atom is 0.272 e. The zero-order valence-electron chi connectivity index (χ0n) is 9.29. The maximum absolute atomic E-state index is 11.5. The van der Waals surface area contributed by atoms with Crippen LogP contribution in [0, 0.1) is 17.0 Å². The van der Waals surface area contributed by atoms with Crippen LogP contribution >= 0.6 is 0 Å². The van der Waals surface area contributed by atoms with E-state index in [-0.39, 0.29) is 24.6 Å². The van der Waals surface area contributed by atoms with Crippen LogP contribution in [0.1, 0.15) is 12.0 Å². The predicted octanol–water partition coefficient (Wildman–Crippen LogP) is 1.00. The maximum atomic E-state index is 11.5. The molecule has 1 N–H and O–H groups in total. The second-order valence-electron chi connectivity index (χ2n) is 4.09. The van der Waals surface area contributed by atoms with E-state index >= 15 is 0 Å². The number of carbonyl (C=O) groups is 1. The van der Waals surface area contributed by atoms with E-state index in [1.54, 1.807) is 13.0 Å². The first-order chi connectivity index (χ1) is 7.99. The number of rotatable bonds is 2. The number of amides is 1. The number of nitro groups is 1. The summed E-state index contributed by atoms with van der Waals surface area (Å²) < 4.78 is 0. The van der Waals surface area contributed by atoms with Crippen molar-refractivity contribution >= 4 is 17.3 Å². The van der Waals surface area contributed by atoms with Crippen molar-refractivity contribution in [2.75, 3.05) is 11.4 Å². The van der Waals surface area contributed by atoms with Gasteiger partial charge in [0.25, 0.3) is 5.69 Å². The molecule has 0 radical (unpaired) electrons. The summed E-state index contributed by atoms with van der Waals surface area (Å²) >= 11 is 0. The van der Waals surface area contributed by atoms with Crippen LogP contribution < -0.4 is 4.90 Å². The van der Waals surface area contributed by atoms with Gasteiger partial charge in [0, 0.05) is 17.3 Å². The van der Waals surface area contributed by atoms with Crippen LogP contribution in [-0.4, -0.2) is 28.6 Å². The molecule has 1 aliphatic heterocycles. The van der Waals surface area contributed by atoms with Crippen molar-refractivity contribution in [2.45, 2.75) is 19.4 Å². The van der Waals surface area contributed by atoms with E-state index in [0.29, 0.717) is 11.3 Å². The lowest BCUT2D eigenvalue weighted by molar-refractivity contribution is -0.385. The standard InChI is InChI=1S/C11H12N2O4/c1-7-4-8(2-3-10(7)13(16)17)12-6-9(14)5-11(12)15/h2-4,9,14H,5-6H2,1H3. The highest BCUT2D eigenvalue weighted by atomic mass is 16.6. The summed E-state index contributed by atoms with van der Waals surface area (Å²) in [7, 11) is 0. The molecule has 0 spiro atoms. The third-order valence-corrected chi connectivity index (χ3v) is 2.79. The normalized spacial score (nSPS) is 19.8. The molecule has 0 aromatic heterocycles. The summed E-state index contributed by atoms with van der Waals surface area (Å²) in [5, 5.41) is 20.0. The molecule has 2 rings (SSSR count). The van der Waals surface area contributed by atoms with Crippen LogP contribution in [-0.2, 0) is 4.79 Å². The quantitative estimate of drug-likeness (QED) is 0.613. The Kier molecular flexibility index (Phi) is 2.81. The molecule has 0 saturated carbocycles. The summed E-state index contributed by atoms with van der Waals surface area (Å²) in [5.74, 6) is -0.161. The Morgan fingerprint density at radius 2 is 2.24 bits per heavy atom. The van der Waals surface area contributed by atoms with Crippen molar-refractivity contribution in [3.63, 3.8) is 0 Å². The Bertz CT molecular complexity index is 486. The number of β-amino-alcohol motifs (C(OH)–C–C–N with tert-alkyl or cyclic N) is 1. The summed E-state index contributed by atoms with van der Waals surface area (Å²) in [5.41, 5.74) is 1.12. The molecule has 6 nitrogen and oxygen atoms in total. The number of aryl methyl sites for hydroxylation is 1. The van der Waals surface area contributed by atoms with Crippen LogP contribution in [0.25, 0.3) is 0 Å². The smallest absolute Gasteiger partial charge is 0.272 e. The van der Waals surface area contributed by atoms with Crippen molar-refractivity contribution in [1.82, 2.24) is 0 Å². The molecular formula is C11H12N2O4. The highest BCUT2D eigenvalue weighted by Crippen LogP contribution is 2.27. The first-order valence-electron chi connectivity index (χ1n) is 5.22. The van der Waals surface area contributed by atoms with Gasteiger partial charge in [-0.15, -0.1) is 0 Å². The minimum absolute atomic E-state index is 0.0287. The van der Waals surface area contributed by atoms with E-state index in [0.717, 1.165) is 0 Å². The van der Waals surface area contributed by atoms with Gasteiger partial charge in [0.05, 0.1) is 24.0 Å². The van der Waals surface area contributed by atoms with E-state index < -0.39 is 11.0 Å². The number of nitrogens with zero attached hydrogens (tertiary/aromatic N) is 2. The van der Waals surface area contributed by atoms with Crippen molar-refractivity contribution in [1.29, 1.82) is 0 Å². The van der Waals surface area contributed by atoms with Crippen molar-refractivity contribution in [2.24, 2.45) is 0 Å². The van der Waals surface area contributed by atoms with Crippen molar-refractivity contribution in [3.8, 4) is 0 Å². The Morgan fingerprint density at radius 3 is 2.71 bits per heavy atom. The van der Waals surface area contributed by atoms with Gasteiger partial charge in [0.15, 0.2) is 0 Å². The van der Waals surface area contributed by atoms with Crippen molar-refractivity contribution in [3.05, 3.63) is 33.9 Å². The molecule has 0 aliphatic carbocycles. The molecule has 17 heavy (non-hydrogen) atoms. The van der Waals surface area contributed by atoms with Gasteiger partial charge < -0.3 is 10.0 Å². The Balaban J connectivity index is 2.32. The third-order valence-electron chi connectivity index (χ3n) is 2.79. The van der Waals surface area contributed by atoms with E-state index in [4.69, 9.17) is 0 Å². The van der Waals surface area contributed by atoms with Crippen LogP contribution in [0.4, 0.5) is 11.4 Å². The molecule has 90 valence electrons. The first-order valence-corrected chi connectivity index (χ1v) is 5.22. The molecule has 1 aromatic carbocycles. The van der Waals surface area contributed by atoms with E-state index in [1.165, 1.54) is 17.0 Å². The number of hydrogen-bond acceptors (Lipinski definition) is 4. The fourth-order valence-electron chi connectivity index (χ4n) is 1.95. The van der Waals surface area contributed by atoms with Gasteiger partial charge in [-0.2, -0.15) is 0 Å². The molecule has 1 saturated heterocycles. The van der Waals surface area contributed by atoms with Crippen molar-refractivity contribution < 1.29 is 14.8 Å². The molecule has 6 heteroatoms. The molecular weight excluding hydrogens is 224 g/mol. The van der Waals surface area contributed by atoms with Gasteiger partial charge in [0.2, 0.25) is 5.91 Å². The van der Waals surface area contributed by atoms with Crippen LogP contribution in [0.5, 0.6) is 0 Å². The highest BCUT2D eigenvalue weighted by molar-refractivity contribution is 5.96. The van der Waals surface area contributed by atoms with E-state index in [1.807, 2.05) is 0 Å². The SMILES string of the molecule is Cc1cc(N2CC(O)CC2=O)ccc1[N+](=O)[O-]. The number of benzene rings is 1. The van der Waals surface area contributed by atoms with Gasteiger partial charge in [-0.1, -0.05) is 0 Å². The fraction of sp³-hybridized carbons (Fsp3) is 0.364. The average molecular weight is 236 g/mol. The molecule has 1 amide bonds. The second kappa shape index (κ2) is 4.14. The fourth-order valence-corrected chi connectivity index (χ4v) is 1.95. The lowest BCUT2D eigenvalue weighted by atomic mass is 10.1. The monoisotopic (exact) mass is 236 g/mol. The summed E-state index contributed by atoms with van der Waals surface area (Å²) in [4.78, 5) is 23.2. The number of nitro benzene ring substituents is 1. The lowest BCUT2D eigenvalue weighted by Gasteiger charge is -2.16. The van der Waals surface area contributed by atoms with Gasteiger partial charge >= 0.3 is 0 Å². The zero-order valence-corrected chi connectivity index (χ0v) is 9.29. The summed E-state index contributed by atoms with van der Waals surface area (Å²) in [6, 6.07) is 4.50. The average Bonchev–Trinajstić information content (AvgIpc) is 2.57. The topological polar surface area (TPSA) is 83.7 Å². The van der Waals surface area contributed by atoms with Gasteiger partial charge in [0.1, 0.15) is 0 Å². The summed E-state index contributed by atoms with van der Waals surface area (Å²) in [6.45, 7) is 1.87. The van der Waals surface area contributed by atoms with E-state index in [9.17, 15) is 20.0 Å². The number of carbonyl (C=O) groups excluding carboxylic acids is 1. The molecule has 1 aliphatic rings. The molecule has 1 heterocycles. The summed E-state index contributed by atoms with van der Waals surface area (Å²) in [6.07, 6.45) is -0.547. The first kappa shape index (κ1) is 11.5. The highest BCUT2D eigenvalue weighted by Gasteiger charge is 2.29. The Labute approximate surface area is 97.6 Å². The zero-order chi connectivity index (χ0) is 12.6. The number of hydrogen-bond donors (Lipinski definition) is 1. The Hall–Kier alpha value is -1.95. The van der Waals surface area contributed by atoms with Crippen LogP contribution in [0.3, 0.4) is 0 Å². The second-order valence-corrected chi connectivity index (χ2v) is 4.09. The minimum atomic E-state index is -0.655. The number of anilines is 1. The van der Waals surface area contributed by atoms with Gasteiger partial charge in [-0.25, -0.2) is 0 Å². The minimum Gasteiger partial charge on any atom is -0.391 e. The number of aliphatic hydroxyl groups excluding tert-OH is 1. The molecule has 1 fully saturated rings. The molecule has 1 unspecified atom stereocenters. The number of aliphatic hydroxyl groups is 1.